The van der Waals surface area contributed by atoms with Crippen molar-refractivity contribution in [2.75, 3.05) is 11.9 Å². The van der Waals surface area contributed by atoms with E-state index in [2.05, 4.69) is 10.3 Å². The summed E-state index contributed by atoms with van der Waals surface area (Å²) in [6.07, 6.45) is 2.50. The second kappa shape index (κ2) is 6.28. The molecule has 1 aliphatic heterocycles. The highest BCUT2D eigenvalue weighted by atomic mass is 32.2. The van der Waals surface area contributed by atoms with Gasteiger partial charge in [-0.25, -0.2) is 17.7 Å². The molecule has 0 unspecified atom stereocenters. The number of nitrogens with zero attached hydrogens (tertiary/aromatic N) is 3. The van der Waals surface area contributed by atoms with Gasteiger partial charge in [-0.2, -0.15) is 0 Å². The van der Waals surface area contributed by atoms with E-state index >= 15 is 0 Å². The largest absolute Gasteiger partial charge is 0.320 e. The number of benzene rings is 1. The number of carbonyl (C=O) groups is 2. The summed E-state index contributed by atoms with van der Waals surface area (Å²) in [6.45, 7) is -0.322. The van der Waals surface area contributed by atoms with Gasteiger partial charge in [0.25, 0.3) is 21.5 Å². The van der Waals surface area contributed by atoms with Gasteiger partial charge >= 0.3 is 0 Å². The fraction of sp³-hybridized carbons (Fsp3) is 0.125. The monoisotopic (exact) mass is 404 g/mol. The number of hydrogen-bond donors (Lipinski definition) is 1. The van der Waals surface area contributed by atoms with Crippen LogP contribution in [0, 0.1) is 0 Å². The van der Waals surface area contributed by atoms with Gasteiger partial charge in [0.2, 0.25) is 5.91 Å². The van der Waals surface area contributed by atoms with Crippen LogP contribution in [-0.2, 0) is 14.8 Å². The summed E-state index contributed by atoms with van der Waals surface area (Å²) < 4.78 is 26.9. The first-order chi connectivity index (χ1) is 12.9. The molecule has 3 aromatic rings. The van der Waals surface area contributed by atoms with Gasteiger partial charge in [0.1, 0.15) is 10.6 Å². The SMILES string of the molecule is O=C(CCN1C(=O)c2ccccc2S1(=O)=O)Nc1cnc2sccn2c1=O. The molecule has 11 heteroatoms. The van der Waals surface area contributed by atoms with Crippen LogP contribution in [0.2, 0.25) is 0 Å². The normalized spacial score (nSPS) is 15.1. The Morgan fingerprint density at radius 3 is 2.78 bits per heavy atom. The number of aromatic nitrogens is 2. The molecule has 0 bridgehead atoms. The van der Waals surface area contributed by atoms with Crippen molar-refractivity contribution < 1.29 is 18.0 Å². The van der Waals surface area contributed by atoms with E-state index < -0.39 is 27.4 Å². The Hall–Kier alpha value is -3.05. The van der Waals surface area contributed by atoms with Crippen LogP contribution in [0.25, 0.3) is 4.96 Å². The van der Waals surface area contributed by atoms with Crippen molar-refractivity contribution in [2.24, 2.45) is 0 Å². The summed E-state index contributed by atoms with van der Waals surface area (Å²) in [6, 6.07) is 5.88. The number of anilines is 1. The first kappa shape index (κ1) is 17.4. The van der Waals surface area contributed by atoms with Crippen LogP contribution in [0.15, 0.2) is 51.7 Å². The molecule has 4 rings (SSSR count). The Morgan fingerprint density at radius 1 is 1.22 bits per heavy atom. The Morgan fingerprint density at radius 2 is 2.00 bits per heavy atom. The number of amides is 2. The molecule has 0 atom stereocenters. The topological polar surface area (TPSA) is 118 Å². The number of rotatable bonds is 4. The predicted molar refractivity (Wildman–Crippen MR) is 97.3 cm³/mol. The van der Waals surface area contributed by atoms with Crippen molar-refractivity contribution in [3.8, 4) is 0 Å². The van der Waals surface area contributed by atoms with E-state index in [9.17, 15) is 22.8 Å². The third-order valence-electron chi connectivity index (χ3n) is 4.07. The standard InChI is InChI=1S/C16H12N4O5S2/c21-13(18-11-9-17-16-19(15(11)23)7-8-26-16)5-6-20-14(22)10-3-1-2-4-12(10)27(20,24)25/h1-4,7-9H,5-6H2,(H,18,21). The molecular formula is C16H12N4O5S2. The molecule has 3 heterocycles. The first-order valence-corrected chi connectivity index (χ1v) is 10.1. The summed E-state index contributed by atoms with van der Waals surface area (Å²) in [5, 5.41) is 4.11. The zero-order valence-corrected chi connectivity index (χ0v) is 15.3. The number of nitrogens with one attached hydrogen (secondary N) is 1. The van der Waals surface area contributed by atoms with Crippen molar-refractivity contribution in [3.63, 3.8) is 0 Å². The van der Waals surface area contributed by atoms with Gasteiger partial charge in [0.05, 0.1) is 11.8 Å². The highest BCUT2D eigenvalue weighted by Gasteiger charge is 2.40. The fourth-order valence-corrected chi connectivity index (χ4v) is 5.02. The van der Waals surface area contributed by atoms with Crippen molar-refractivity contribution >= 4 is 43.8 Å². The molecule has 2 amide bonds. The molecule has 0 spiro atoms. The van der Waals surface area contributed by atoms with Gasteiger partial charge in [0, 0.05) is 24.5 Å². The molecule has 0 aliphatic carbocycles. The van der Waals surface area contributed by atoms with Crippen molar-refractivity contribution in [2.45, 2.75) is 11.3 Å². The molecular weight excluding hydrogens is 392 g/mol. The maximum absolute atomic E-state index is 12.4. The van der Waals surface area contributed by atoms with Crippen molar-refractivity contribution in [1.29, 1.82) is 0 Å². The van der Waals surface area contributed by atoms with Crippen LogP contribution in [0.4, 0.5) is 5.69 Å². The lowest BCUT2D eigenvalue weighted by Gasteiger charge is -2.14. The molecule has 0 radical (unpaired) electrons. The molecule has 0 saturated heterocycles. The minimum Gasteiger partial charge on any atom is -0.320 e. The van der Waals surface area contributed by atoms with Gasteiger partial charge in [-0.1, -0.05) is 12.1 Å². The predicted octanol–water partition coefficient (Wildman–Crippen LogP) is 0.929. The van der Waals surface area contributed by atoms with E-state index in [-0.39, 0.29) is 29.1 Å². The van der Waals surface area contributed by atoms with E-state index in [1.54, 1.807) is 11.4 Å². The minimum atomic E-state index is -3.97. The number of sulfonamides is 1. The molecule has 1 aromatic carbocycles. The lowest BCUT2D eigenvalue weighted by atomic mass is 10.2. The molecule has 138 valence electrons. The average Bonchev–Trinajstić information content (AvgIpc) is 3.19. The van der Waals surface area contributed by atoms with E-state index in [0.717, 1.165) is 0 Å². The molecule has 9 nitrogen and oxygen atoms in total. The molecule has 1 N–H and O–H groups in total. The third-order valence-corrected chi connectivity index (χ3v) is 6.68. The molecule has 2 aromatic heterocycles. The first-order valence-electron chi connectivity index (χ1n) is 7.80. The van der Waals surface area contributed by atoms with Crippen LogP contribution >= 0.6 is 11.3 Å². The van der Waals surface area contributed by atoms with Gasteiger partial charge in [-0.05, 0) is 12.1 Å². The van der Waals surface area contributed by atoms with Crippen molar-refractivity contribution in [3.05, 3.63) is 58.0 Å². The smallest absolute Gasteiger partial charge is 0.282 e. The summed E-state index contributed by atoms with van der Waals surface area (Å²) in [7, 11) is -3.97. The minimum absolute atomic E-state index is 0.0187. The lowest BCUT2D eigenvalue weighted by Crippen LogP contribution is -2.33. The quantitative estimate of drug-likeness (QED) is 0.691. The van der Waals surface area contributed by atoms with Gasteiger partial charge in [0.15, 0.2) is 4.96 Å². The maximum Gasteiger partial charge on any atom is 0.282 e. The number of fused-ring (bicyclic) bond motifs is 2. The average molecular weight is 404 g/mol. The number of thiazole rings is 1. The van der Waals surface area contributed by atoms with Crippen LogP contribution in [0.3, 0.4) is 0 Å². The maximum atomic E-state index is 12.4. The Kier molecular flexibility index (Phi) is 4.04. The zero-order valence-electron chi connectivity index (χ0n) is 13.7. The zero-order chi connectivity index (χ0) is 19.2. The molecule has 0 saturated carbocycles. The summed E-state index contributed by atoms with van der Waals surface area (Å²) in [5.74, 6) is -1.26. The summed E-state index contributed by atoms with van der Waals surface area (Å²) in [4.78, 5) is 41.2. The Balaban J connectivity index is 1.49. The van der Waals surface area contributed by atoms with E-state index in [1.807, 2.05) is 0 Å². The lowest BCUT2D eigenvalue weighted by molar-refractivity contribution is -0.116. The van der Waals surface area contributed by atoms with Crippen LogP contribution < -0.4 is 10.9 Å². The summed E-state index contributed by atoms with van der Waals surface area (Å²) in [5.41, 5.74) is -0.370. The molecule has 0 fully saturated rings. The fourth-order valence-electron chi connectivity index (χ4n) is 2.78. The molecule has 27 heavy (non-hydrogen) atoms. The number of hydrogen-bond acceptors (Lipinski definition) is 7. The highest BCUT2D eigenvalue weighted by molar-refractivity contribution is 7.90. The summed E-state index contributed by atoms with van der Waals surface area (Å²) >= 11 is 1.28. The van der Waals surface area contributed by atoms with E-state index in [4.69, 9.17) is 0 Å². The second-order valence-electron chi connectivity index (χ2n) is 5.71. The van der Waals surface area contributed by atoms with Crippen LogP contribution in [-0.4, -0.2) is 40.5 Å². The highest BCUT2D eigenvalue weighted by Crippen LogP contribution is 2.29. The van der Waals surface area contributed by atoms with Gasteiger partial charge in [-0.15, -0.1) is 11.3 Å². The second-order valence-corrected chi connectivity index (χ2v) is 8.41. The van der Waals surface area contributed by atoms with Gasteiger partial charge < -0.3 is 5.32 Å². The Bertz CT molecular complexity index is 1240. The Labute approximate surface area is 156 Å². The van der Waals surface area contributed by atoms with Crippen molar-refractivity contribution in [1.82, 2.24) is 13.7 Å². The third kappa shape index (κ3) is 2.80. The van der Waals surface area contributed by atoms with E-state index in [0.29, 0.717) is 9.27 Å². The van der Waals surface area contributed by atoms with Crippen LogP contribution in [0.5, 0.6) is 0 Å². The van der Waals surface area contributed by atoms with Gasteiger partial charge in [-0.3, -0.25) is 18.8 Å². The number of carbonyl (C=O) groups excluding carboxylic acids is 2. The van der Waals surface area contributed by atoms with E-state index in [1.165, 1.54) is 46.3 Å². The molecule has 1 aliphatic rings. The van der Waals surface area contributed by atoms with Crippen LogP contribution in [0.1, 0.15) is 16.8 Å².